The van der Waals surface area contributed by atoms with Crippen molar-refractivity contribution in [3.63, 3.8) is 0 Å². The van der Waals surface area contributed by atoms with Gasteiger partial charge < -0.3 is 5.32 Å². The number of alkyl halides is 1. The quantitative estimate of drug-likeness (QED) is 0.842. The van der Waals surface area contributed by atoms with E-state index in [2.05, 4.69) is 21.2 Å². The summed E-state index contributed by atoms with van der Waals surface area (Å²) in [5.74, 6) is 0.0608. The lowest BCUT2D eigenvalue weighted by Gasteiger charge is -2.27. The number of carbonyl (C=O) groups is 1. The smallest absolute Gasteiger partial charge is 0.224 e. The van der Waals surface area contributed by atoms with Crippen molar-refractivity contribution in [2.75, 3.05) is 0 Å². The summed E-state index contributed by atoms with van der Waals surface area (Å²) in [5, 5.41) is 3.14. The van der Waals surface area contributed by atoms with Crippen LogP contribution >= 0.6 is 27.5 Å². The number of hydrogen-bond donors (Lipinski definition) is 1. The van der Waals surface area contributed by atoms with E-state index >= 15 is 0 Å². The van der Waals surface area contributed by atoms with Gasteiger partial charge in [-0.1, -0.05) is 40.9 Å². The Morgan fingerprint density at radius 1 is 1.39 bits per heavy atom. The highest BCUT2D eigenvalue weighted by molar-refractivity contribution is 9.10. The van der Waals surface area contributed by atoms with Gasteiger partial charge in [0.05, 0.1) is 11.8 Å². The SMILES string of the molecule is O=C(Cc1cccc(Br)c1)NC1CCCCC1Cl. The molecule has 1 amide bonds. The van der Waals surface area contributed by atoms with Gasteiger partial charge in [0.2, 0.25) is 5.91 Å². The molecule has 0 heterocycles. The first-order chi connectivity index (χ1) is 8.65. The van der Waals surface area contributed by atoms with Gasteiger partial charge in [-0.15, -0.1) is 11.6 Å². The Hall–Kier alpha value is -0.540. The molecule has 4 heteroatoms. The molecule has 0 aliphatic heterocycles. The minimum atomic E-state index is 0.0608. The van der Waals surface area contributed by atoms with Crippen LogP contribution in [-0.4, -0.2) is 17.3 Å². The topological polar surface area (TPSA) is 29.1 Å². The Bertz CT molecular complexity index is 424. The van der Waals surface area contributed by atoms with Crippen molar-refractivity contribution in [1.82, 2.24) is 5.32 Å². The van der Waals surface area contributed by atoms with E-state index in [4.69, 9.17) is 11.6 Å². The summed E-state index contributed by atoms with van der Waals surface area (Å²) in [4.78, 5) is 12.0. The maximum atomic E-state index is 12.0. The molecule has 2 atom stereocenters. The van der Waals surface area contributed by atoms with Crippen LogP contribution in [0, 0.1) is 0 Å². The molecule has 0 aromatic heterocycles. The molecule has 1 N–H and O–H groups in total. The predicted molar refractivity (Wildman–Crippen MR) is 77.9 cm³/mol. The van der Waals surface area contributed by atoms with Crippen LogP contribution in [0.25, 0.3) is 0 Å². The Morgan fingerprint density at radius 3 is 2.89 bits per heavy atom. The van der Waals surface area contributed by atoms with Crippen molar-refractivity contribution < 1.29 is 4.79 Å². The van der Waals surface area contributed by atoms with E-state index in [1.54, 1.807) is 0 Å². The summed E-state index contributed by atoms with van der Waals surface area (Å²) in [6.45, 7) is 0. The molecule has 0 spiro atoms. The summed E-state index contributed by atoms with van der Waals surface area (Å²) >= 11 is 9.64. The Morgan fingerprint density at radius 2 is 2.17 bits per heavy atom. The third-order valence-electron chi connectivity index (χ3n) is 3.28. The lowest BCUT2D eigenvalue weighted by atomic mass is 9.94. The standard InChI is InChI=1S/C14H17BrClNO/c15-11-5-3-4-10(8-11)9-14(18)17-13-7-2-1-6-12(13)16/h3-5,8,12-13H,1-2,6-7,9H2,(H,17,18). The largest absolute Gasteiger partial charge is 0.352 e. The molecule has 2 nitrogen and oxygen atoms in total. The highest BCUT2D eigenvalue weighted by Gasteiger charge is 2.24. The summed E-state index contributed by atoms with van der Waals surface area (Å²) in [7, 11) is 0. The van der Waals surface area contributed by atoms with Crippen LogP contribution in [0.15, 0.2) is 28.7 Å². The molecule has 0 saturated heterocycles. The van der Waals surface area contributed by atoms with Gasteiger partial charge >= 0.3 is 0 Å². The highest BCUT2D eigenvalue weighted by Crippen LogP contribution is 2.23. The van der Waals surface area contributed by atoms with E-state index < -0.39 is 0 Å². The fraction of sp³-hybridized carbons (Fsp3) is 0.500. The Kier molecular flexibility index (Phi) is 5.07. The summed E-state index contributed by atoms with van der Waals surface area (Å²) in [6, 6.07) is 7.97. The second-order valence-electron chi connectivity index (χ2n) is 4.78. The zero-order valence-electron chi connectivity index (χ0n) is 10.2. The maximum absolute atomic E-state index is 12.0. The second-order valence-corrected chi connectivity index (χ2v) is 6.26. The van der Waals surface area contributed by atoms with Gasteiger partial charge in [-0.25, -0.2) is 0 Å². The molecule has 1 fully saturated rings. The second kappa shape index (κ2) is 6.58. The zero-order valence-corrected chi connectivity index (χ0v) is 12.5. The molecule has 2 rings (SSSR count). The van der Waals surface area contributed by atoms with Crippen LogP contribution < -0.4 is 5.32 Å². The predicted octanol–water partition coefficient (Wildman–Crippen LogP) is 3.66. The third kappa shape index (κ3) is 3.99. The number of carbonyl (C=O) groups excluding carboxylic acids is 1. The molecule has 1 aliphatic carbocycles. The zero-order chi connectivity index (χ0) is 13.0. The van der Waals surface area contributed by atoms with Crippen LogP contribution in [0.4, 0.5) is 0 Å². The van der Waals surface area contributed by atoms with Crippen molar-refractivity contribution >= 4 is 33.4 Å². The molecule has 1 saturated carbocycles. The van der Waals surface area contributed by atoms with Gasteiger partial charge in [0, 0.05) is 10.5 Å². The first-order valence-electron chi connectivity index (χ1n) is 6.33. The monoisotopic (exact) mass is 329 g/mol. The van der Waals surface area contributed by atoms with Gasteiger partial charge in [0.15, 0.2) is 0 Å². The van der Waals surface area contributed by atoms with Crippen LogP contribution in [-0.2, 0) is 11.2 Å². The van der Waals surface area contributed by atoms with Gasteiger partial charge in [0.25, 0.3) is 0 Å². The van der Waals surface area contributed by atoms with Crippen molar-refractivity contribution in [3.05, 3.63) is 34.3 Å². The van der Waals surface area contributed by atoms with Crippen molar-refractivity contribution in [2.45, 2.75) is 43.5 Å². The van der Waals surface area contributed by atoms with Crippen molar-refractivity contribution in [2.24, 2.45) is 0 Å². The van der Waals surface area contributed by atoms with Crippen LogP contribution in [0.5, 0.6) is 0 Å². The van der Waals surface area contributed by atoms with E-state index in [1.165, 1.54) is 6.42 Å². The average molecular weight is 331 g/mol. The van der Waals surface area contributed by atoms with E-state index in [0.29, 0.717) is 6.42 Å². The fourth-order valence-corrected chi connectivity index (χ4v) is 3.13. The molecular weight excluding hydrogens is 314 g/mol. The number of nitrogens with one attached hydrogen (secondary N) is 1. The number of halogens is 2. The van der Waals surface area contributed by atoms with E-state index in [-0.39, 0.29) is 17.3 Å². The average Bonchev–Trinajstić information content (AvgIpc) is 2.32. The summed E-state index contributed by atoms with van der Waals surface area (Å²) < 4.78 is 1.00. The molecule has 2 unspecified atom stereocenters. The molecule has 1 aromatic carbocycles. The number of amides is 1. The number of rotatable bonds is 3. The Balaban J connectivity index is 1.88. The first-order valence-corrected chi connectivity index (χ1v) is 7.56. The molecule has 18 heavy (non-hydrogen) atoms. The normalized spacial score (nSPS) is 23.7. The van der Waals surface area contributed by atoms with Gasteiger partial charge in [0.1, 0.15) is 0 Å². The summed E-state index contributed by atoms with van der Waals surface area (Å²) in [5.41, 5.74) is 1.02. The minimum Gasteiger partial charge on any atom is -0.352 e. The van der Waals surface area contributed by atoms with Crippen molar-refractivity contribution in [3.8, 4) is 0 Å². The lowest BCUT2D eigenvalue weighted by Crippen LogP contribution is -2.43. The fourth-order valence-electron chi connectivity index (χ4n) is 2.34. The molecular formula is C14H17BrClNO. The molecule has 0 bridgehead atoms. The minimum absolute atomic E-state index is 0.0608. The van der Waals surface area contributed by atoms with Gasteiger partial charge in [-0.3, -0.25) is 4.79 Å². The van der Waals surface area contributed by atoms with Crippen molar-refractivity contribution in [1.29, 1.82) is 0 Å². The highest BCUT2D eigenvalue weighted by atomic mass is 79.9. The molecule has 1 aromatic rings. The van der Waals surface area contributed by atoms with E-state index in [0.717, 1.165) is 29.3 Å². The third-order valence-corrected chi connectivity index (χ3v) is 4.30. The molecule has 1 aliphatic rings. The maximum Gasteiger partial charge on any atom is 0.224 e. The number of hydrogen-bond acceptors (Lipinski definition) is 1. The van der Waals surface area contributed by atoms with Crippen LogP contribution in [0.1, 0.15) is 31.2 Å². The lowest BCUT2D eigenvalue weighted by molar-refractivity contribution is -0.121. The Labute approximate surface area is 121 Å². The van der Waals surface area contributed by atoms with Crippen LogP contribution in [0.3, 0.4) is 0 Å². The van der Waals surface area contributed by atoms with Gasteiger partial charge in [-0.2, -0.15) is 0 Å². The van der Waals surface area contributed by atoms with E-state index in [1.807, 2.05) is 24.3 Å². The summed E-state index contributed by atoms with van der Waals surface area (Å²) in [6.07, 6.45) is 4.75. The first kappa shape index (κ1) is 13.9. The number of benzene rings is 1. The van der Waals surface area contributed by atoms with Gasteiger partial charge in [-0.05, 0) is 30.5 Å². The van der Waals surface area contributed by atoms with E-state index in [9.17, 15) is 4.79 Å². The molecule has 0 radical (unpaired) electrons. The molecule has 98 valence electrons. The van der Waals surface area contributed by atoms with Crippen LogP contribution in [0.2, 0.25) is 0 Å².